The number of carbonyl (C=O) groups is 2. The van der Waals surface area contributed by atoms with Crippen LogP contribution in [0.5, 0.6) is 0 Å². The van der Waals surface area contributed by atoms with Gasteiger partial charge in [-0.15, -0.1) is 0 Å². The molecule has 1 saturated heterocycles. The Morgan fingerprint density at radius 2 is 1.76 bits per heavy atom. The van der Waals surface area contributed by atoms with Crippen molar-refractivity contribution in [2.45, 2.75) is 44.6 Å². The van der Waals surface area contributed by atoms with Crippen molar-refractivity contribution in [3.8, 4) is 11.3 Å². The van der Waals surface area contributed by atoms with Gasteiger partial charge in [-0.05, 0) is 44.2 Å². The van der Waals surface area contributed by atoms with E-state index in [1.54, 1.807) is 0 Å². The van der Waals surface area contributed by atoms with E-state index in [9.17, 15) is 18.4 Å². The Balaban J connectivity index is 1.33. The van der Waals surface area contributed by atoms with Gasteiger partial charge < -0.3 is 10.2 Å². The fourth-order valence-electron chi connectivity index (χ4n) is 4.18. The molecule has 0 atom stereocenters. The van der Waals surface area contributed by atoms with Crippen LogP contribution in [-0.4, -0.2) is 39.3 Å². The molecule has 29 heavy (non-hydrogen) atoms. The number of rotatable bonds is 4. The normalized spacial score (nSPS) is 22.0. The van der Waals surface area contributed by atoms with E-state index in [4.69, 9.17) is 0 Å². The number of likely N-dealkylation sites (tertiary alicyclic amines) is 1. The van der Waals surface area contributed by atoms with Gasteiger partial charge in [0.25, 0.3) is 0 Å². The lowest BCUT2D eigenvalue weighted by atomic mass is 9.85. The summed E-state index contributed by atoms with van der Waals surface area (Å²) in [6.45, 7) is 0.831. The van der Waals surface area contributed by atoms with E-state index in [0.717, 1.165) is 44.7 Å². The average molecular weight is 400 g/mol. The van der Waals surface area contributed by atoms with Gasteiger partial charge in [0.15, 0.2) is 5.82 Å². The SMILES string of the molecule is O=C1CCCN1[C@H]1CC[C@@H](C(=O)Nc2cnc(-c3cc(F)cc(F)c3)cn2)CC1. The van der Waals surface area contributed by atoms with Crippen molar-refractivity contribution >= 4 is 17.6 Å². The predicted octanol–water partition coefficient (Wildman–Crippen LogP) is 3.54. The van der Waals surface area contributed by atoms with Crippen LogP contribution in [0, 0.1) is 17.6 Å². The molecule has 0 bridgehead atoms. The highest BCUT2D eigenvalue weighted by atomic mass is 19.1. The molecule has 8 heteroatoms. The number of aromatic nitrogens is 2. The molecule has 152 valence electrons. The maximum Gasteiger partial charge on any atom is 0.228 e. The molecule has 1 aliphatic carbocycles. The molecule has 2 aliphatic rings. The Morgan fingerprint density at radius 3 is 2.34 bits per heavy atom. The lowest BCUT2D eigenvalue weighted by molar-refractivity contribution is -0.130. The number of carbonyl (C=O) groups excluding carboxylic acids is 2. The minimum atomic E-state index is -0.689. The van der Waals surface area contributed by atoms with E-state index in [-0.39, 0.29) is 29.3 Å². The molecular formula is C21H22F2N4O2. The third-order valence-corrected chi connectivity index (χ3v) is 5.68. The van der Waals surface area contributed by atoms with Crippen LogP contribution in [0.1, 0.15) is 38.5 Å². The average Bonchev–Trinajstić information content (AvgIpc) is 3.14. The minimum Gasteiger partial charge on any atom is -0.340 e. The summed E-state index contributed by atoms with van der Waals surface area (Å²) >= 11 is 0. The molecule has 0 spiro atoms. The molecule has 2 heterocycles. The van der Waals surface area contributed by atoms with Crippen LogP contribution < -0.4 is 5.32 Å². The number of anilines is 1. The number of hydrogen-bond donors (Lipinski definition) is 1. The first-order valence-corrected chi connectivity index (χ1v) is 9.88. The highest BCUT2D eigenvalue weighted by molar-refractivity contribution is 5.91. The second-order valence-electron chi connectivity index (χ2n) is 7.63. The zero-order chi connectivity index (χ0) is 20.4. The van der Waals surface area contributed by atoms with E-state index in [2.05, 4.69) is 15.3 Å². The maximum atomic E-state index is 13.4. The molecule has 6 nitrogen and oxygen atoms in total. The minimum absolute atomic E-state index is 0.116. The first-order valence-electron chi connectivity index (χ1n) is 9.88. The van der Waals surface area contributed by atoms with Gasteiger partial charge in [0.2, 0.25) is 11.8 Å². The molecule has 1 aliphatic heterocycles. The second kappa shape index (κ2) is 8.23. The van der Waals surface area contributed by atoms with Crippen molar-refractivity contribution in [3.05, 3.63) is 42.2 Å². The van der Waals surface area contributed by atoms with Crippen molar-refractivity contribution in [3.63, 3.8) is 0 Å². The fourth-order valence-corrected chi connectivity index (χ4v) is 4.18. The third kappa shape index (κ3) is 4.41. The van der Waals surface area contributed by atoms with Crippen LogP contribution in [0.3, 0.4) is 0 Å². The first kappa shape index (κ1) is 19.4. The van der Waals surface area contributed by atoms with Gasteiger partial charge in [0.1, 0.15) is 11.6 Å². The van der Waals surface area contributed by atoms with Gasteiger partial charge in [0, 0.05) is 36.6 Å². The van der Waals surface area contributed by atoms with Crippen molar-refractivity contribution in [1.29, 1.82) is 0 Å². The van der Waals surface area contributed by atoms with E-state index < -0.39 is 11.6 Å². The summed E-state index contributed by atoms with van der Waals surface area (Å²) in [5.74, 6) is -1.09. The Bertz CT molecular complexity index is 891. The summed E-state index contributed by atoms with van der Waals surface area (Å²) in [5.41, 5.74) is 0.597. The predicted molar refractivity (Wildman–Crippen MR) is 103 cm³/mol. The number of amides is 2. The Hall–Kier alpha value is -2.90. The van der Waals surface area contributed by atoms with Crippen LogP contribution in [-0.2, 0) is 9.59 Å². The molecule has 2 fully saturated rings. The Morgan fingerprint density at radius 1 is 1.03 bits per heavy atom. The summed E-state index contributed by atoms with van der Waals surface area (Å²) < 4.78 is 26.7. The van der Waals surface area contributed by atoms with Gasteiger partial charge in [-0.3, -0.25) is 14.6 Å². The maximum absolute atomic E-state index is 13.4. The van der Waals surface area contributed by atoms with Gasteiger partial charge in [-0.1, -0.05) is 0 Å². The van der Waals surface area contributed by atoms with E-state index in [0.29, 0.717) is 17.9 Å². The zero-order valence-corrected chi connectivity index (χ0v) is 15.9. The Kier molecular flexibility index (Phi) is 5.51. The van der Waals surface area contributed by atoms with Crippen LogP contribution in [0.2, 0.25) is 0 Å². The molecule has 1 N–H and O–H groups in total. The summed E-state index contributed by atoms with van der Waals surface area (Å²) in [7, 11) is 0. The number of benzene rings is 1. The quantitative estimate of drug-likeness (QED) is 0.852. The largest absolute Gasteiger partial charge is 0.340 e. The van der Waals surface area contributed by atoms with Gasteiger partial charge in [-0.25, -0.2) is 13.8 Å². The summed E-state index contributed by atoms with van der Waals surface area (Å²) in [6.07, 6.45) is 7.44. The standard InChI is InChI=1S/C21H22F2N4O2/c22-15-8-14(9-16(23)10-15)18-11-25-19(12-24-18)26-21(29)13-3-5-17(6-4-13)27-7-1-2-20(27)28/h8-13,17H,1-7H2,(H,25,26,29)/t13-,17+. The van der Waals surface area contributed by atoms with E-state index >= 15 is 0 Å². The van der Waals surface area contributed by atoms with Crippen LogP contribution >= 0.6 is 0 Å². The van der Waals surface area contributed by atoms with Crippen molar-refractivity contribution < 1.29 is 18.4 Å². The summed E-state index contributed by atoms with van der Waals surface area (Å²) in [6, 6.07) is 3.39. The molecule has 0 unspecified atom stereocenters. The zero-order valence-electron chi connectivity index (χ0n) is 15.9. The molecule has 1 aromatic heterocycles. The number of hydrogen-bond acceptors (Lipinski definition) is 4. The van der Waals surface area contributed by atoms with Gasteiger partial charge >= 0.3 is 0 Å². The molecule has 1 saturated carbocycles. The fraction of sp³-hybridized carbons (Fsp3) is 0.429. The molecule has 2 amide bonds. The molecule has 4 rings (SSSR count). The van der Waals surface area contributed by atoms with Gasteiger partial charge in [0.05, 0.1) is 18.1 Å². The van der Waals surface area contributed by atoms with Gasteiger partial charge in [-0.2, -0.15) is 0 Å². The van der Waals surface area contributed by atoms with Crippen molar-refractivity contribution in [1.82, 2.24) is 14.9 Å². The first-order chi connectivity index (χ1) is 14.0. The number of nitrogens with one attached hydrogen (secondary N) is 1. The van der Waals surface area contributed by atoms with Crippen molar-refractivity contribution in [2.24, 2.45) is 5.92 Å². The third-order valence-electron chi connectivity index (χ3n) is 5.68. The smallest absolute Gasteiger partial charge is 0.228 e. The highest BCUT2D eigenvalue weighted by Gasteiger charge is 2.33. The summed E-state index contributed by atoms with van der Waals surface area (Å²) in [5, 5.41) is 2.76. The highest BCUT2D eigenvalue weighted by Crippen LogP contribution is 2.30. The molecule has 0 radical (unpaired) electrons. The van der Waals surface area contributed by atoms with Crippen LogP contribution in [0.25, 0.3) is 11.3 Å². The second-order valence-corrected chi connectivity index (χ2v) is 7.63. The van der Waals surface area contributed by atoms with E-state index in [1.165, 1.54) is 24.5 Å². The lowest BCUT2D eigenvalue weighted by Gasteiger charge is -2.34. The topological polar surface area (TPSA) is 75.2 Å². The Labute approximate surface area is 167 Å². The molecular weight excluding hydrogens is 378 g/mol. The monoisotopic (exact) mass is 400 g/mol. The number of nitrogens with zero attached hydrogens (tertiary/aromatic N) is 3. The lowest BCUT2D eigenvalue weighted by Crippen LogP contribution is -2.40. The van der Waals surface area contributed by atoms with Crippen molar-refractivity contribution in [2.75, 3.05) is 11.9 Å². The van der Waals surface area contributed by atoms with Crippen LogP contribution in [0.15, 0.2) is 30.6 Å². The summed E-state index contributed by atoms with van der Waals surface area (Å²) in [4.78, 5) is 34.7. The van der Waals surface area contributed by atoms with Crippen LogP contribution in [0.4, 0.5) is 14.6 Å². The molecule has 1 aromatic carbocycles. The molecule has 2 aromatic rings. The van der Waals surface area contributed by atoms with E-state index in [1.807, 2.05) is 4.90 Å². The number of halogens is 2.